The average Bonchev–Trinajstić information content (AvgIpc) is 2.97. The van der Waals surface area contributed by atoms with Gasteiger partial charge in [-0.3, -0.25) is 4.79 Å². The summed E-state index contributed by atoms with van der Waals surface area (Å²) in [5.41, 5.74) is 3.18. The van der Waals surface area contributed by atoms with E-state index in [-0.39, 0.29) is 11.2 Å². The minimum atomic E-state index is -0.211. The normalized spacial score (nSPS) is 14.4. The summed E-state index contributed by atoms with van der Waals surface area (Å²) in [7, 11) is 0. The highest BCUT2D eigenvalue weighted by atomic mass is 79.9. The van der Waals surface area contributed by atoms with Crippen LogP contribution in [0.25, 0.3) is 0 Å². The molecule has 0 saturated heterocycles. The molecule has 1 aliphatic carbocycles. The Morgan fingerprint density at radius 1 is 1.26 bits per heavy atom. The first-order chi connectivity index (χ1) is 11.0. The monoisotopic (exact) mass is 391 g/mol. The standard InChI is InChI=1S/C17H18BrN3OS/c1-10(16(22)21-13-8-6-12(18)7-9-13)23-17-14-4-3-5-15(14)19-11(2)20-17/h6-10H,3-5H2,1-2H3,(H,21,22)/t10-/m0/s1. The molecule has 1 aromatic carbocycles. The lowest BCUT2D eigenvalue weighted by Gasteiger charge is -2.14. The predicted molar refractivity (Wildman–Crippen MR) is 96.9 cm³/mol. The zero-order valence-corrected chi connectivity index (χ0v) is 15.5. The zero-order chi connectivity index (χ0) is 16.4. The van der Waals surface area contributed by atoms with Crippen LogP contribution in [0.1, 0.15) is 30.4 Å². The molecule has 1 N–H and O–H groups in total. The van der Waals surface area contributed by atoms with E-state index >= 15 is 0 Å². The van der Waals surface area contributed by atoms with Crippen LogP contribution in [0.5, 0.6) is 0 Å². The van der Waals surface area contributed by atoms with E-state index in [1.165, 1.54) is 17.3 Å². The SMILES string of the molecule is Cc1nc2c(c(S[C@@H](C)C(=O)Nc3ccc(Br)cc3)n1)CCC2. The van der Waals surface area contributed by atoms with Gasteiger partial charge in [0, 0.05) is 21.4 Å². The third kappa shape index (κ3) is 3.93. The topological polar surface area (TPSA) is 54.9 Å². The Morgan fingerprint density at radius 3 is 2.74 bits per heavy atom. The zero-order valence-electron chi connectivity index (χ0n) is 13.1. The number of thioether (sulfide) groups is 1. The maximum Gasteiger partial charge on any atom is 0.237 e. The Hall–Kier alpha value is -1.40. The maximum atomic E-state index is 12.4. The van der Waals surface area contributed by atoms with E-state index in [0.29, 0.717) is 0 Å². The van der Waals surface area contributed by atoms with Crippen LogP contribution >= 0.6 is 27.7 Å². The highest BCUT2D eigenvalue weighted by Gasteiger charge is 2.22. The number of hydrogen-bond donors (Lipinski definition) is 1. The van der Waals surface area contributed by atoms with Gasteiger partial charge in [0.15, 0.2) is 0 Å². The highest BCUT2D eigenvalue weighted by Crippen LogP contribution is 2.32. The Balaban J connectivity index is 1.70. The Kier molecular flexibility index (Phi) is 5.02. The van der Waals surface area contributed by atoms with Crippen molar-refractivity contribution in [2.45, 2.75) is 43.4 Å². The number of aromatic nitrogens is 2. The number of nitrogens with zero attached hydrogens (tertiary/aromatic N) is 2. The van der Waals surface area contributed by atoms with Crippen LogP contribution in [-0.4, -0.2) is 21.1 Å². The number of anilines is 1. The van der Waals surface area contributed by atoms with E-state index in [1.54, 1.807) is 0 Å². The lowest BCUT2D eigenvalue weighted by Crippen LogP contribution is -2.22. The smallest absolute Gasteiger partial charge is 0.237 e. The van der Waals surface area contributed by atoms with E-state index in [9.17, 15) is 4.79 Å². The number of rotatable bonds is 4. The van der Waals surface area contributed by atoms with Crippen LogP contribution in [0.4, 0.5) is 5.69 Å². The molecule has 0 bridgehead atoms. The van der Waals surface area contributed by atoms with Crippen molar-refractivity contribution in [3.8, 4) is 0 Å². The number of hydrogen-bond acceptors (Lipinski definition) is 4. The van der Waals surface area contributed by atoms with Gasteiger partial charge in [0.05, 0.1) is 5.25 Å². The Labute approximate surface area is 148 Å². The van der Waals surface area contributed by atoms with Crippen molar-refractivity contribution in [1.29, 1.82) is 0 Å². The summed E-state index contributed by atoms with van der Waals surface area (Å²) in [6.45, 7) is 3.83. The molecule has 0 radical (unpaired) electrons. The van der Waals surface area contributed by atoms with Gasteiger partial charge in [-0.1, -0.05) is 27.7 Å². The molecule has 4 nitrogen and oxygen atoms in total. The number of benzene rings is 1. The van der Waals surface area contributed by atoms with Crippen molar-refractivity contribution >= 4 is 39.3 Å². The quantitative estimate of drug-likeness (QED) is 0.627. The second kappa shape index (κ2) is 7.01. The number of nitrogens with one attached hydrogen (secondary N) is 1. The molecular weight excluding hydrogens is 374 g/mol. The molecule has 120 valence electrons. The molecule has 0 fully saturated rings. The lowest BCUT2D eigenvalue weighted by molar-refractivity contribution is -0.115. The first-order valence-electron chi connectivity index (χ1n) is 7.62. The van der Waals surface area contributed by atoms with Crippen molar-refractivity contribution in [2.75, 3.05) is 5.32 Å². The molecule has 0 saturated carbocycles. The molecule has 0 spiro atoms. The van der Waals surface area contributed by atoms with Crippen LogP contribution in [-0.2, 0) is 17.6 Å². The fourth-order valence-electron chi connectivity index (χ4n) is 2.61. The van der Waals surface area contributed by atoms with Gasteiger partial charge in [-0.25, -0.2) is 9.97 Å². The fourth-order valence-corrected chi connectivity index (χ4v) is 3.92. The number of fused-ring (bicyclic) bond motifs is 1. The number of aryl methyl sites for hydroxylation is 2. The molecule has 1 heterocycles. The van der Waals surface area contributed by atoms with Gasteiger partial charge < -0.3 is 5.32 Å². The second-order valence-electron chi connectivity index (χ2n) is 5.61. The van der Waals surface area contributed by atoms with E-state index in [1.807, 2.05) is 38.1 Å². The largest absolute Gasteiger partial charge is 0.325 e. The molecular formula is C17H18BrN3OS. The van der Waals surface area contributed by atoms with E-state index in [0.717, 1.165) is 46.0 Å². The van der Waals surface area contributed by atoms with Gasteiger partial charge in [-0.05, 0) is 57.4 Å². The molecule has 1 aromatic heterocycles. The lowest BCUT2D eigenvalue weighted by atomic mass is 10.3. The Bertz CT molecular complexity index is 733. The second-order valence-corrected chi connectivity index (χ2v) is 7.86. The van der Waals surface area contributed by atoms with E-state index < -0.39 is 0 Å². The van der Waals surface area contributed by atoms with E-state index in [2.05, 4.69) is 31.2 Å². The molecule has 1 aliphatic rings. The van der Waals surface area contributed by atoms with E-state index in [4.69, 9.17) is 0 Å². The Morgan fingerprint density at radius 2 is 2.00 bits per heavy atom. The van der Waals surface area contributed by atoms with Gasteiger partial charge in [0.2, 0.25) is 5.91 Å². The maximum absolute atomic E-state index is 12.4. The van der Waals surface area contributed by atoms with Crippen molar-refractivity contribution < 1.29 is 4.79 Å². The van der Waals surface area contributed by atoms with Crippen molar-refractivity contribution in [2.24, 2.45) is 0 Å². The first-order valence-corrected chi connectivity index (χ1v) is 9.29. The molecule has 1 amide bonds. The summed E-state index contributed by atoms with van der Waals surface area (Å²) < 4.78 is 0.991. The number of carbonyl (C=O) groups excluding carboxylic acids is 1. The minimum absolute atomic E-state index is 0.0136. The summed E-state index contributed by atoms with van der Waals surface area (Å²) in [6.07, 6.45) is 3.16. The van der Waals surface area contributed by atoms with Crippen LogP contribution < -0.4 is 5.32 Å². The summed E-state index contributed by atoms with van der Waals surface area (Å²) in [5.74, 6) is 0.772. The van der Waals surface area contributed by atoms with Crippen molar-refractivity contribution in [3.05, 3.63) is 45.8 Å². The average molecular weight is 392 g/mol. The summed E-state index contributed by atoms with van der Waals surface area (Å²) >= 11 is 4.91. The first kappa shape index (κ1) is 16.5. The molecule has 0 aliphatic heterocycles. The summed E-state index contributed by atoms with van der Waals surface area (Å²) in [4.78, 5) is 21.5. The number of carbonyl (C=O) groups is 1. The van der Waals surface area contributed by atoms with Crippen LogP contribution in [0, 0.1) is 6.92 Å². The number of halogens is 1. The third-order valence-electron chi connectivity index (χ3n) is 3.78. The fraction of sp³-hybridized carbons (Fsp3) is 0.353. The predicted octanol–water partition coefficient (Wildman–Crippen LogP) is 4.16. The molecule has 1 atom stereocenters. The van der Waals surface area contributed by atoms with Gasteiger partial charge >= 0.3 is 0 Å². The van der Waals surface area contributed by atoms with Crippen molar-refractivity contribution in [1.82, 2.24) is 9.97 Å². The summed E-state index contributed by atoms with van der Waals surface area (Å²) in [6, 6.07) is 7.58. The van der Waals surface area contributed by atoms with Gasteiger partial charge in [-0.2, -0.15) is 0 Å². The highest BCUT2D eigenvalue weighted by molar-refractivity contribution is 9.10. The molecule has 0 unspecified atom stereocenters. The minimum Gasteiger partial charge on any atom is -0.325 e. The van der Waals surface area contributed by atoms with Gasteiger partial charge in [0.1, 0.15) is 10.9 Å². The van der Waals surface area contributed by atoms with Crippen LogP contribution in [0.3, 0.4) is 0 Å². The summed E-state index contributed by atoms with van der Waals surface area (Å²) in [5, 5.41) is 3.70. The van der Waals surface area contributed by atoms with Gasteiger partial charge in [0.25, 0.3) is 0 Å². The van der Waals surface area contributed by atoms with Crippen LogP contribution in [0.15, 0.2) is 33.8 Å². The third-order valence-corrected chi connectivity index (χ3v) is 5.43. The van der Waals surface area contributed by atoms with Crippen LogP contribution in [0.2, 0.25) is 0 Å². The molecule has 3 rings (SSSR count). The number of amides is 1. The molecule has 2 aromatic rings. The van der Waals surface area contributed by atoms with Gasteiger partial charge in [-0.15, -0.1) is 0 Å². The molecule has 23 heavy (non-hydrogen) atoms. The molecule has 6 heteroatoms. The van der Waals surface area contributed by atoms with Crippen molar-refractivity contribution in [3.63, 3.8) is 0 Å².